The summed E-state index contributed by atoms with van der Waals surface area (Å²) in [5, 5.41) is 12.4. The molecule has 4 heteroatoms. The lowest BCUT2D eigenvalue weighted by atomic mass is 10.1. The fraction of sp³-hybridized carbons (Fsp3) is 0.562. The number of carbonyl (C=O) groups excluding carboxylic acids is 1. The molecule has 1 atom stereocenters. The van der Waals surface area contributed by atoms with Gasteiger partial charge in [-0.05, 0) is 44.4 Å². The number of aliphatic hydroxyl groups excluding tert-OH is 1. The monoisotopic (exact) mass is 276 g/mol. The summed E-state index contributed by atoms with van der Waals surface area (Å²) >= 11 is 0. The molecule has 1 unspecified atom stereocenters. The van der Waals surface area contributed by atoms with Crippen molar-refractivity contribution in [1.82, 2.24) is 4.90 Å². The summed E-state index contributed by atoms with van der Waals surface area (Å²) in [6, 6.07) is 7.71. The molecule has 2 N–H and O–H groups in total. The van der Waals surface area contributed by atoms with E-state index >= 15 is 0 Å². The van der Waals surface area contributed by atoms with E-state index in [0.29, 0.717) is 6.04 Å². The van der Waals surface area contributed by atoms with Crippen LogP contribution in [0.5, 0.6) is 0 Å². The molecule has 0 aromatic heterocycles. The van der Waals surface area contributed by atoms with E-state index in [-0.39, 0.29) is 6.03 Å². The lowest BCUT2D eigenvalue weighted by molar-refractivity contribution is 0.192. The predicted molar refractivity (Wildman–Crippen MR) is 80.7 cm³/mol. The molecular weight excluding hydrogens is 252 g/mol. The molecule has 20 heavy (non-hydrogen) atoms. The Labute approximate surface area is 120 Å². The highest BCUT2D eigenvalue weighted by atomic mass is 16.3. The Morgan fingerprint density at radius 3 is 2.45 bits per heavy atom. The topological polar surface area (TPSA) is 52.6 Å². The minimum Gasteiger partial charge on any atom is -0.389 e. The lowest BCUT2D eigenvalue weighted by Crippen LogP contribution is -2.41. The Morgan fingerprint density at radius 1 is 1.35 bits per heavy atom. The summed E-state index contributed by atoms with van der Waals surface area (Å²) < 4.78 is 0. The van der Waals surface area contributed by atoms with Gasteiger partial charge in [-0.15, -0.1) is 0 Å². The number of amides is 2. The second-order valence-corrected chi connectivity index (χ2v) is 5.45. The number of urea groups is 1. The third kappa shape index (κ3) is 3.51. The molecule has 2 amide bonds. The Balaban J connectivity index is 1.98. The number of hydrogen-bond donors (Lipinski definition) is 2. The van der Waals surface area contributed by atoms with Crippen LogP contribution in [0, 0.1) is 0 Å². The Kier molecular flexibility index (Phi) is 5.01. The molecule has 0 radical (unpaired) electrons. The number of carbonyl (C=O) groups is 1. The molecule has 1 aliphatic carbocycles. The summed E-state index contributed by atoms with van der Waals surface area (Å²) in [7, 11) is 0. The Bertz CT molecular complexity index is 436. The molecule has 1 aliphatic rings. The molecule has 0 bridgehead atoms. The smallest absolute Gasteiger partial charge is 0.322 e. The third-order valence-electron chi connectivity index (χ3n) is 4.01. The van der Waals surface area contributed by atoms with Crippen LogP contribution < -0.4 is 5.32 Å². The average molecular weight is 276 g/mol. The van der Waals surface area contributed by atoms with Gasteiger partial charge in [-0.2, -0.15) is 0 Å². The van der Waals surface area contributed by atoms with Gasteiger partial charge in [0.15, 0.2) is 0 Å². The van der Waals surface area contributed by atoms with Crippen LogP contribution in [0.4, 0.5) is 10.5 Å². The molecule has 0 spiro atoms. The summed E-state index contributed by atoms with van der Waals surface area (Å²) in [6.07, 6.45) is 4.19. The van der Waals surface area contributed by atoms with Crippen LogP contribution in [-0.2, 0) is 0 Å². The van der Waals surface area contributed by atoms with Gasteiger partial charge in [-0.3, -0.25) is 0 Å². The maximum Gasteiger partial charge on any atom is 0.322 e. The minimum absolute atomic E-state index is 0.0239. The highest BCUT2D eigenvalue weighted by Gasteiger charge is 2.25. The van der Waals surface area contributed by atoms with Crippen LogP contribution in [-0.4, -0.2) is 28.6 Å². The zero-order chi connectivity index (χ0) is 14.5. The molecule has 1 saturated carbocycles. The number of rotatable bonds is 4. The number of nitrogens with zero attached hydrogens (tertiary/aromatic N) is 1. The van der Waals surface area contributed by atoms with Crippen molar-refractivity contribution in [3.8, 4) is 0 Å². The molecule has 0 aliphatic heterocycles. The molecular formula is C16H24N2O2. The predicted octanol–water partition coefficient (Wildman–Crippen LogP) is 3.54. The number of hydrogen-bond acceptors (Lipinski definition) is 2. The van der Waals surface area contributed by atoms with Gasteiger partial charge in [0.1, 0.15) is 0 Å². The first-order valence-corrected chi connectivity index (χ1v) is 7.47. The molecule has 0 heterocycles. The van der Waals surface area contributed by atoms with E-state index in [1.165, 1.54) is 12.8 Å². The molecule has 0 saturated heterocycles. The first-order valence-electron chi connectivity index (χ1n) is 7.47. The van der Waals surface area contributed by atoms with E-state index in [2.05, 4.69) is 5.32 Å². The van der Waals surface area contributed by atoms with Gasteiger partial charge in [0.2, 0.25) is 0 Å². The number of benzene rings is 1. The third-order valence-corrected chi connectivity index (χ3v) is 4.01. The molecule has 110 valence electrons. The van der Waals surface area contributed by atoms with Crippen molar-refractivity contribution in [2.75, 3.05) is 11.9 Å². The van der Waals surface area contributed by atoms with Gasteiger partial charge in [-0.25, -0.2) is 4.79 Å². The van der Waals surface area contributed by atoms with Gasteiger partial charge in [0.25, 0.3) is 0 Å². The summed E-state index contributed by atoms with van der Waals surface area (Å²) in [5.41, 5.74) is 1.63. The van der Waals surface area contributed by atoms with Crippen molar-refractivity contribution in [2.45, 2.75) is 51.7 Å². The van der Waals surface area contributed by atoms with Crippen LogP contribution in [0.1, 0.15) is 51.2 Å². The average Bonchev–Trinajstić information content (AvgIpc) is 2.94. The van der Waals surface area contributed by atoms with Crippen molar-refractivity contribution in [1.29, 1.82) is 0 Å². The molecule has 1 aromatic carbocycles. The van der Waals surface area contributed by atoms with Crippen molar-refractivity contribution >= 4 is 11.7 Å². The van der Waals surface area contributed by atoms with Crippen LogP contribution in [0.2, 0.25) is 0 Å². The van der Waals surface area contributed by atoms with E-state index in [9.17, 15) is 9.90 Å². The van der Waals surface area contributed by atoms with E-state index in [4.69, 9.17) is 0 Å². The zero-order valence-electron chi connectivity index (χ0n) is 12.3. The number of anilines is 1. The minimum atomic E-state index is -0.481. The van der Waals surface area contributed by atoms with E-state index in [0.717, 1.165) is 30.6 Å². The van der Waals surface area contributed by atoms with Crippen LogP contribution in [0.25, 0.3) is 0 Å². The van der Waals surface area contributed by atoms with Gasteiger partial charge < -0.3 is 15.3 Å². The van der Waals surface area contributed by atoms with E-state index < -0.39 is 6.10 Å². The van der Waals surface area contributed by atoms with Crippen LogP contribution in [0.15, 0.2) is 24.3 Å². The van der Waals surface area contributed by atoms with Gasteiger partial charge >= 0.3 is 6.03 Å². The highest BCUT2D eigenvalue weighted by Crippen LogP contribution is 2.24. The molecule has 1 fully saturated rings. The second kappa shape index (κ2) is 6.75. The van der Waals surface area contributed by atoms with Crippen molar-refractivity contribution in [3.63, 3.8) is 0 Å². The Hall–Kier alpha value is -1.55. The fourth-order valence-electron chi connectivity index (χ4n) is 2.82. The van der Waals surface area contributed by atoms with Crippen molar-refractivity contribution in [3.05, 3.63) is 29.8 Å². The first kappa shape index (κ1) is 14.9. The van der Waals surface area contributed by atoms with E-state index in [1.807, 2.05) is 36.1 Å². The van der Waals surface area contributed by atoms with Gasteiger partial charge in [0.05, 0.1) is 6.10 Å². The standard InChI is InChI=1S/C16H24N2O2/c1-3-18(15-6-4-5-7-15)16(20)17-14-10-8-13(9-11-14)12(2)19/h8-12,15,19H,3-7H2,1-2H3,(H,17,20). The summed E-state index contributed by atoms with van der Waals surface area (Å²) in [5.74, 6) is 0. The number of aliphatic hydroxyl groups is 1. The van der Waals surface area contributed by atoms with Crippen molar-refractivity contribution < 1.29 is 9.90 Å². The largest absolute Gasteiger partial charge is 0.389 e. The highest BCUT2D eigenvalue weighted by molar-refractivity contribution is 5.89. The van der Waals surface area contributed by atoms with Crippen LogP contribution in [0.3, 0.4) is 0 Å². The number of nitrogens with one attached hydrogen (secondary N) is 1. The Morgan fingerprint density at radius 2 is 1.95 bits per heavy atom. The zero-order valence-corrected chi connectivity index (χ0v) is 12.3. The van der Waals surface area contributed by atoms with Crippen LogP contribution >= 0.6 is 0 Å². The first-order chi connectivity index (χ1) is 9.61. The van der Waals surface area contributed by atoms with E-state index in [1.54, 1.807) is 6.92 Å². The SMILES string of the molecule is CCN(C(=O)Nc1ccc(C(C)O)cc1)C1CCCC1. The van der Waals surface area contributed by atoms with Gasteiger partial charge in [-0.1, -0.05) is 25.0 Å². The maximum absolute atomic E-state index is 12.3. The van der Waals surface area contributed by atoms with Crippen molar-refractivity contribution in [2.24, 2.45) is 0 Å². The molecule has 2 rings (SSSR count). The summed E-state index contributed by atoms with van der Waals surface area (Å²) in [4.78, 5) is 14.2. The second-order valence-electron chi connectivity index (χ2n) is 5.45. The molecule has 4 nitrogen and oxygen atoms in total. The maximum atomic E-state index is 12.3. The van der Waals surface area contributed by atoms with Gasteiger partial charge in [0, 0.05) is 18.3 Å². The normalized spacial score (nSPS) is 16.9. The summed E-state index contributed by atoms with van der Waals surface area (Å²) in [6.45, 7) is 4.49. The quantitative estimate of drug-likeness (QED) is 0.883. The lowest BCUT2D eigenvalue weighted by Gasteiger charge is -2.27. The fourth-order valence-corrected chi connectivity index (χ4v) is 2.82. The molecule has 1 aromatic rings.